The molecule has 1 aromatic carbocycles. The van der Waals surface area contributed by atoms with Crippen molar-refractivity contribution in [2.24, 2.45) is 5.16 Å². The van der Waals surface area contributed by atoms with Gasteiger partial charge in [-0.3, -0.25) is 0 Å². The highest BCUT2D eigenvalue weighted by Crippen LogP contribution is 2.24. The molecule has 0 fully saturated rings. The van der Waals surface area contributed by atoms with E-state index in [0.717, 1.165) is 15.5 Å². The first-order chi connectivity index (χ1) is 13.5. The number of aromatic nitrogens is 3. The van der Waals surface area contributed by atoms with Gasteiger partial charge in [0.05, 0.1) is 12.8 Å². The molecule has 0 saturated carbocycles. The summed E-state index contributed by atoms with van der Waals surface area (Å²) in [4.78, 5) is 23.2. The van der Waals surface area contributed by atoms with Crippen molar-refractivity contribution in [1.82, 2.24) is 14.6 Å². The van der Waals surface area contributed by atoms with Crippen LogP contribution in [0.15, 0.2) is 41.5 Å². The largest absolute Gasteiger partial charge is 0.500 e. The molecule has 2 aromatic heterocycles. The Morgan fingerprint density at radius 3 is 2.93 bits per heavy atom. The standard InChI is InChI=1S/C19H20N4O4S/c1-12(26-3)17(18(24)25)15-7-5-4-6-14(15)10-27-22-9-8-16-13(2)28-19-20-11-21-23(16)19/h4-7,9,11H,8,10H2,1-3H3,(H,24,25). The van der Waals surface area contributed by atoms with E-state index < -0.39 is 5.97 Å². The first kappa shape index (κ1) is 19.6. The van der Waals surface area contributed by atoms with Crippen LogP contribution in [-0.2, 0) is 27.4 Å². The van der Waals surface area contributed by atoms with Crippen molar-refractivity contribution >= 4 is 34.1 Å². The molecule has 0 amide bonds. The second kappa shape index (κ2) is 8.66. The van der Waals surface area contributed by atoms with Gasteiger partial charge in [0.1, 0.15) is 24.3 Å². The summed E-state index contributed by atoms with van der Waals surface area (Å²) in [6.07, 6.45) is 3.74. The second-order valence-electron chi connectivity index (χ2n) is 5.92. The Balaban J connectivity index is 1.70. The predicted octanol–water partition coefficient (Wildman–Crippen LogP) is 3.31. The number of hydrogen-bond acceptors (Lipinski definition) is 7. The van der Waals surface area contributed by atoms with Crippen LogP contribution in [0.5, 0.6) is 0 Å². The summed E-state index contributed by atoms with van der Waals surface area (Å²) in [6, 6.07) is 7.13. The fourth-order valence-corrected chi connectivity index (χ4v) is 3.70. The normalized spacial score (nSPS) is 12.4. The van der Waals surface area contributed by atoms with Crippen LogP contribution in [0.3, 0.4) is 0 Å². The van der Waals surface area contributed by atoms with Gasteiger partial charge in [0.15, 0.2) is 0 Å². The average molecular weight is 400 g/mol. The minimum absolute atomic E-state index is 0.105. The van der Waals surface area contributed by atoms with Gasteiger partial charge in [-0.15, -0.1) is 0 Å². The van der Waals surface area contributed by atoms with E-state index in [1.165, 1.54) is 13.4 Å². The molecule has 146 valence electrons. The molecule has 3 rings (SSSR count). The fraction of sp³-hybridized carbons (Fsp3) is 0.263. The molecule has 0 aliphatic carbocycles. The summed E-state index contributed by atoms with van der Waals surface area (Å²) in [5.74, 6) is -0.728. The predicted molar refractivity (Wildman–Crippen MR) is 106 cm³/mol. The van der Waals surface area contributed by atoms with E-state index in [9.17, 15) is 9.90 Å². The SMILES string of the molecule is COC(C)=C(C(=O)O)c1ccccc1CON=CCc1c(C)sc2ncnn12. The molecular formula is C19H20N4O4S. The Morgan fingerprint density at radius 2 is 2.18 bits per heavy atom. The van der Waals surface area contributed by atoms with Gasteiger partial charge in [-0.05, 0) is 19.4 Å². The third-order valence-corrected chi connectivity index (χ3v) is 5.24. The van der Waals surface area contributed by atoms with Crippen LogP contribution in [0, 0.1) is 6.92 Å². The van der Waals surface area contributed by atoms with Crippen LogP contribution in [0.25, 0.3) is 10.5 Å². The molecular weight excluding hydrogens is 380 g/mol. The summed E-state index contributed by atoms with van der Waals surface area (Å²) in [5.41, 5.74) is 2.37. The average Bonchev–Trinajstić information content (AvgIpc) is 3.23. The monoisotopic (exact) mass is 400 g/mol. The molecule has 0 atom stereocenters. The van der Waals surface area contributed by atoms with Gasteiger partial charge in [-0.2, -0.15) is 5.10 Å². The molecule has 0 spiro atoms. The van der Waals surface area contributed by atoms with Gasteiger partial charge in [-0.1, -0.05) is 40.8 Å². The van der Waals surface area contributed by atoms with Crippen molar-refractivity contribution in [3.05, 3.63) is 58.0 Å². The van der Waals surface area contributed by atoms with Gasteiger partial charge in [0.25, 0.3) is 0 Å². The third kappa shape index (κ3) is 4.04. The summed E-state index contributed by atoms with van der Waals surface area (Å²) in [6.45, 7) is 3.77. The number of ether oxygens (including phenoxy) is 1. The number of hydrogen-bond donors (Lipinski definition) is 1. The van der Waals surface area contributed by atoms with Crippen LogP contribution in [0.4, 0.5) is 0 Å². The number of thiazole rings is 1. The maximum atomic E-state index is 11.7. The number of allylic oxidation sites excluding steroid dienone is 1. The zero-order valence-corrected chi connectivity index (χ0v) is 16.6. The molecule has 0 unspecified atom stereocenters. The number of aliphatic carboxylic acids is 1. The topological polar surface area (TPSA) is 98.3 Å². The molecule has 3 aromatic rings. The molecule has 0 aliphatic heterocycles. The van der Waals surface area contributed by atoms with Gasteiger partial charge >= 0.3 is 5.97 Å². The number of oxime groups is 1. The zero-order chi connectivity index (χ0) is 20.1. The number of carboxylic acids is 1. The Bertz CT molecular complexity index is 1050. The summed E-state index contributed by atoms with van der Waals surface area (Å²) in [5, 5.41) is 17.7. The van der Waals surface area contributed by atoms with Crippen molar-refractivity contribution in [3.8, 4) is 0 Å². The van der Waals surface area contributed by atoms with E-state index >= 15 is 0 Å². The lowest BCUT2D eigenvalue weighted by Gasteiger charge is -2.12. The summed E-state index contributed by atoms with van der Waals surface area (Å²) in [7, 11) is 1.44. The van der Waals surface area contributed by atoms with Crippen molar-refractivity contribution in [3.63, 3.8) is 0 Å². The Morgan fingerprint density at radius 1 is 1.39 bits per heavy atom. The molecule has 2 heterocycles. The highest BCUT2D eigenvalue weighted by atomic mass is 32.1. The van der Waals surface area contributed by atoms with Crippen LogP contribution in [-0.4, -0.2) is 39.0 Å². The van der Waals surface area contributed by atoms with Crippen molar-refractivity contribution in [2.45, 2.75) is 26.9 Å². The Hall–Kier alpha value is -3.20. The molecule has 28 heavy (non-hydrogen) atoms. The molecule has 9 heteroatoms. The fourth-order valence-electron chi connectivity index (χ4n) is 2.79. The lowest BCUT2D eigenvalue weighted by Crippen LogP contribution is -2.07. The molecule has 1 N–H and O–H groups in total. The van der Waals surface area contributed by atoms with Crippen molar-refractivity contribution in [1.29, 1.82) is 0 Å². The van der Waals surface area contributed by atoms with E-state index in [2.05, 4.69) is 15.2 Å². The van der Waals surface area contributed by atoms with Gasteiger partial charge in [0, 0.05) is 23.1 Å². The molecule has 0 radical (unpaired) electrons. The van der Waals surface area contributed by atoms with E-state index in [-0.39, 0.29) is 12.2 Å². The number of carbonyl (C=O) groups is 1. The van der Waals surface area contributed by atoms with Gasteiger partial charge in [0.2, 0.25) is 4.96 Å². The number of nitrogens with zero attached hydrogens (tertiary/aromatic N) is 4. The highest BCUT2D eigenvalue weighted by molar-refractivity contribution is 7.17. The lowest BCUT2D eigenvalue weighted by atomic mass is 9.99. The third-order valence-electron chi connectivity index (χ3n) is 4.24. The smallest absolute Gasteiger partial charge is 0.339 e. The van der Waals surface area contributed by atoms with E-state index in [4.69, 9.17) is 9.57 Å². The Kier molecular flexibility index (Phi) is 6.05. The summed E-state index contributed by atoms with van der Waals surface area (Å²) >= 11 is 1.57. The number of rotatable bonds is 8. The Labute approximate surface area is 165 Å². The molecule has 0 aliphatic rings. The van der Waals surface area contributed by atoms with Crippen LogP contribution in [0.1, 0.15) is 28.6 Å². The number of methoxy groups -OCH3 is 1. The van der Waals surface area contributed by atoms with Crippen LogP contribution >= 0.6 is 11.3 Å². The minimum atomic E-state index is -1.06. The number of fused-ring (bicyclic) bond motifs is 1. The highest BCUT2D eigenvalue weighted by Gasteiger charge is 2.18. The maximum Gasteiger partial charge on any atom is 0.339 e. The first-order valence-corrected chi connectivity index (χ1v) is 9.32. The minimum Gasteiger partial charge on any atom is -0.500 e. The number of carboxylic acid groups (broad SMARTS) is 1. The lowest BCUT2D eigenvalue weighted by molar-refractivity contribution is -0.130. The maximum absolute atomic E-state index is 11.7. The van der Waals surface area contributed by atoms with E-state index in [1.54, 1.807) is 47.2 Å². The quantitative estimate of drug-likeness (QED) is 0.270. The second-order valence-corrected chi connectivity index (χ2v) is 7.10. The van der Waals surface area contributed by atoms with E-state index in [1.807, 2.05) is 13.0 Å². The van der Waals surface area contributed by atoms with Gasteiger partial charge < -0.3 is 14.7 Å². The van der Waals surface area contributed by atoms with Crippen molar-refractivity contribution in [2.75, 3.05) is 7.11 Å². The van der Waals surface area contributed by atoms with E-state index in [0.29, 0.717) is 23.3 Å². The number of aryl methyl sites for hydroxylation is 1. The van der Waals surface area contributed by atoms with Crippen LogP contribution < -0.4 is 0 Å². The molecule has 0 saturated heterocycles. The van der Waals surface area contributed by atoms with Crippen LogP contribution in [0.2, 0.25) is 0 Å². The molecule has 8 nitrogen and oxygen atoms in total. The number of benzene rings is 1. The summed E-state index contributed by atoms with van der Waals surface area (Å²) < 4.78 is 6.91. The van der Waals surface area contributed by atoms with Crippen molar-refractivity contribution < 1.29 is 19.5 Å². The van der Waals surface area contributed by atoms with Gasteiger partial charge in [-0.25, -0.2) is 14.3 Å². The zero-order valence-electron chi connectivity index (χ0n) is 15.7. The first-order valence-electron chi connectivity index (χ1n) is 8.51. The molecule has 0 bridgehead atoms.